The minimum Gasteiger partial charge on any atom is -0.309 e. The zero-order valence-electron chi connectivity index (χ0n) is 65.1. The van der Waals surface area contributed by atoms with Crippen molar-refractivity contribution in [3.05, 3.63) is 437 Å². The second kappa shape index (κ2) is 29.0. The molecule has 0 unspecified atom stereocenters. The third-order valence-corrected chi connectivity index (χ3v) is 23.8. The van der Waals surface area contributed by atoms with Gasteiger partial charge in [-0.1, -0.05) is 279 Å². The molecule has 0 saturated heterocycles. The van der Waals surface area contributed by atoms with Gasteiger partial charge in [0.15, 0.2) is 11.6 Å². The average Bonchev–Trinajstić information content (AvgIpc) is 1.46. The van der Waals surface area contributed by atoms with Gasteiger partial charge in [-0.05, 0) is 202 Å². The molecule has 0 amide bonds. The molecule has 24 aromatic rings. The van der Waals surface area contributed by atoms with Gasteiger partial charge in [0.05, 0.1) is 66.6 Å². The highest BCUT2D eigenvalue weighted by Crippen LogP contribution is 2.43. The summed E-state index contributed by atoms with van der Waals surface area (Å²) in [6.07, 6.45) is 0. The third kappa shape index (κ3) is 12.0. The topological polar surface area (TPSA) is 71.3 Å². The summed E-state index contributed by atoms with van der Waals surface area (Å²) in [7, 11) is 0. The van der Waals surface area contributed by atoms with Gasteiger partial charge >= 0.3 is 0 Å². The van der Waals surface area contributed by atoms with Crippen LogP contribution in [0.25, 0.3) is 222 Å². The summed E-state index contributed by atoms with van der Waals surface area (Å²) in [6.45, 7) is 0. The van der Waals surface area contributed by atoms with E-state index in [0.29, 0.717) is 11.6 Å². The van der Waals surface area contributed by atoms with E-state index < -0.39 is 0 Å². The van der Waals surface area contributed by atoms with Gasteiger partial charge in [0.2, 0.25) is 0 Å². The summed E-state index contributed by atoms with van der Waals surface area (Å²) in [4.78, 5) is 20.4. The molecule has 0 aliphatic heterocycles. The molecule has 8 heteroatoms. The van der Waals surface area contributed by atoms with Crippen molar-refractivity contribution in [3.8, 4) is 113 Å². The second-order valence-electron chi connectivity index (χ2n) is 30.8. The van der Waals surface area contributed by atoms with Gasteiger partial charge in [0, 0.05) is 98.9 Å². The number of rotatable bonds is 12. The molecule has 0 aliphatic carbocycles. The lowest BCUT2D eigenvalue weighted by molar-refractivity contribution is 1.17. The number of para-hydroxylation sites is 8. The quantitative estimate of drug-likeness (QED) is 0.122. The largest absolute Gasteiger partial charge is 0.309 e. The molecule has 0 spiro atoms. The van der Waals surface area contributed by atoms with Crippen molar-refractivity contribution in [1.82, 2.24) is 38.2 Å². The van der Waals surface area contributed by atoms with E-state index in [9.17, 15) is 0 Å². The maximum Gasteiger partial charge on any atom is 0.160 e. The van der Waals surface area contributed by atoms with Crippen LogP contribution in [0.1, 0.15) is 0 Å². The molecule has 0 N–H and O–H groups in total. The first kappa shape index (κ1) is 69.4. The maximum absolute atomic E-state index is 5.18. The highest BCUT2D eigenvalue weighted by Gasteiger charge is 2.22. The molecule has 6 heterocycles. The molecular formula is C112H72N8. The van der Waals surface area contributed by atoms with Crippen molar-refractivity contribution >= 4 is 109 Å². The van der Waals surface area contributed by atoms with Crippen molar-refractivity contribution in [3.63, 3.8) is 0 Å². The van der Waals surface area contributed by atoms with Crippen molar-refractivity contribution in [1.29, 1.82) is 0 Å². The van der Waals surface area contributed by atoms with Gasteiger partial charge in [-0.15, -0.1) is 0 Å². The van der Waals surface area contributed by atoms with E-state index in [2.05, 4.69) is 425 Å². The van der Waals surface area contributed by atoms with Gasteiger partial charge in [0.25, 0.3) is 0 Å². The molecule has 0 fully saturated rings. The lowest BCUT2D eigenvalue weighted by Crippen LogP contribution is -1.97. The summed E-state index contributed by atoms with van der Waals surface area (Å²) < 4.78 is 9.47. The first-order valence-electron chi connectivity index (χ1n) is 40.8. The number of fused-ring (bicyclic) bond motifs is 14. The lowest BCUT2D eigenvalue weighted by Gasteiger charge is -2.12. The van der Waals surface area contributed by atoms with E-state index in [-0.39, 0.29) is 0 Å². The average molecular weight is 1530 g/mol. The van der Waals surface area contributed by atoms with Crippen LogP contribution in [0.15, 0.2) is 437 Å². The zero-order valence-corrected chi connectivity index (χ0v) is 65.1. The van der Waals surface area contributed by atoms with Crippen LogP contribution in [-0.2, 0) is 0 Å². The predicted octanol–water partition coefficient (Wildman–Crippen LogP) is 29.0. The first-order valence-corrected chi connectivity index (χ1v) is 40.8. The zero-order chi connectivity index (χ0) is 79.1. The van der Waals surface area contributed by atoms with Crippen LogP contribution in [0.3, 0.4) is 0 Å². The van der Waals surface area contributed by atoms with E-state index in [1.807, 2.05) is 30.3 Å². The van der Waals surface area contributed by atoms with Crippen molar-refractivity contribution in [2.24, 2.45) is 0 Å². The Morgan fingerprint density at radius 2 is 0.383 bits per heavy atom. The molecule has 560 valence electrons. The van der Waals surface area contributed by atoms with Crippen LogP contribution >= 0.6 is 0 Å². The summed E-state index contributed by atoms with van der Waals surface area (Å²) in [5, 5.41) is 12.0. The number of aromatic nitrogens is 8. The van der Waals surface area contributed by atoms with Crippen LogP contribution in [0, 0.1) is 0 Å². The summed E-state index contributed by atoms with van der Waals surface area (Å²) in [5.41, 5.74) is 31.3. The molecule has 8 nitrogen and oxygen atoms in total. The third-order valence-electron chi connectivity index (χ3n) is 23.8. The predicted molar refractivity (Wildman–Crippen MR) is 500 cm³/mol. The number of hydrogen-bond acceptors (Lipinski definition) is 4. The first-order chi connectivity index (χ1) is 59.5. The highest BCUT2D eigenvalue weighted by molar-refractivity contribution is 6.15. The van der Waals surface area contributed by atoms with Crippen molar-refractivity contribution in [2.75, 3.05) is 0 Å². The maximum atomic E-state index is 5.18. The molecular weight excluding hydrogens is 1460 g/mol. The van der Waals surface area contributed by atoms with Crippen LogP contribution in [0.2, 0.25) is 0 Å². The fourth-order valence-electron chi connectivity index (χ4n) is 18.2. The van der Waals surface area contributed by atoms with Crippen molar-refractivity contribution in [2.45, 2.75) is 0 Å². The van der Waals surface area contributed by atoms with Gasteiger partial charge in [-0.2, -0.15) is 0 Å². The Bertz CT molecular complexity index is 8140. The summed E-state index contributed by atoms with van der Waals surface area (Å²) in [5.74, 6) is 1.42. The molecule has 120 heavy (non-hydrogen) atoms. The van der Waals surface area contributed by atoms with E-state index in [4.69, 9.17) is 19.9 Å². The highest BCUT2D eigenvalue weighted by atomic mass is 15.0. The number of benzene rings is 18. The van der Waals surface area contributed by atoms with E-state index in [1.165, 1.54) is 127 Å². The minimum atomic E-state index is 0.707. The fourth-order valence-corrected chi connectivity index (χ4v) is 18.2. The lowest BCUT2D eigenvalue weighted by atomic mass is 9.97. The molecule has 18 aromatic carbocycles. The Morgan fingerprint density at radius 3 is 0.758 bits per heavy atom. The molecule has 24 rings (SSSR count). The Kier molecular flexibility index (Phi) is 16.7. The van der Waals surface area contributed by atoms with Gasteiger partial charge in [0.1, 0.15) is 0 Å². The summed E-state index contributed by atoms with van der Waals surface area (Å²) >= 11 is 0. The molecule has 0 radical (unpaired) electrons. The van der Waals surface area contributed by atoms with E-state index >= 15 is 0 Å². The van der Waals surface area contributed by atoms with Crippen LogP contribution in [0.4, 0.5) is 0 Å². The van der Waals surface area contributed by atoms with Crippen molar-refractivity contribution < 1.29 is 0 Å². The summed E-state index contributed by atoms with van der Waals surface area (Å²) in [6, 6.07) is 156. The molecule has 0 atom stereocenters. The standard InChI is InChI=1S/2C56H36N4/c1-3-15-37(16-4-1)55-47-25-7-10-26-50(47)57-56(58-55)42-19-14-22-44(34-42)60-52-28-12-9-24-46(52)49-36-41(30-32-54(49)60)39-18-13-17-38(33-39)40-29-31-53-48(35-40)45-23-8-11-27-51(45)59(53)43-20-5-2-6-21-43;1-3-14-37(15-4-1)55-47-22-7-10-23-50(47)57-56(58-55)38-26-30-44(31-27-38)60-52-25-12-9-21-46(52)49-36-42(29-33-54(49)60)40-17-13-16-39(34-40)41-28-32-53-48(35-41)45-20-8-11-24-51(45)59(53)43-18-5-2-6-19-43/h2*1-36H. The Balaban J connectivity index is 0.000000140. The SMILES string of the molecule is c1ccc(-c2nc(-c3ccc(-n4c5ccccc5c5cc(-c6cccc(-c7ccc8c(c7)c7ccccc7n8-c7ccccc7)c6)ccc54)cc3)nc3ccccc23)cc1.c1ccc(-c2nc(-c3cccc(-n4c5ccccc5c5cc(-c6cccc(-c7ccc8c(c7)c7ccccc7n8-c7ccccc7)c6)ccc54)c3)nc3ccccc23)cc1. The second-order valence-corrected chi connectivity index (χ2v) is 30.8. The molecule has 6 aromatic heterocycles. The monoisotopic (exact) mass is 1530 g/mol. The number of hydrogen-bond donors (Lipinski definition) is 0. The van der Waals surface area contributed by atoms with Gasteiger partial charge in [-0.3, -0.25) is 0 Å². The normalized spacial score (nSPS) is 11.7. The molecule has 0 saturated carbocycles. The van der Waals surface area contributed by atoms with Crippen LogP contribution in [0.5, 0.6) is 0 Å². The Labute approximate surface area is 692 Å². The Morgan fingerprint density at radius 1 is 0.133 bits per heavy atom. The minimum absolute atomic E-state index is 0.707. The van der Waals surface area contributed by atoms with Crippen LogP contribution in [-0.4, -0.2) is 38.2 Å². The van der Waals surface area contributed by atoms with E-state index in [0.717, 1.165) is 83.4 Å². The molecule has 0 aliphatic rings. The van der Waals surface area contributed by atoms with Crippen LogP contribution < -0.4 is 0 Å². The fraction of sp³-hybridized carbons (Fsp3) is 0. The number of nitrogens with zero attached hydrogens (tertiary/aromatic N) is 8. The van der Waals surface area contributed by atoms with E-state index in [1.54, 1.807) is 0 Å². The van der Waals surface area contributed by atoms with Gasteiger partial charge < -0.3 is 18.3 Å². The molecule has 0 bridgehead atoms. The Hall–Kier alpha value is -16.2. The van der Waals surface area contributed by atoms with Gasteiger partial charge in [-0.25, -0.2) is 19.9 Å². The smallest absolute Gasteiger partial charge is 0.160 e.